The molecule has 1 heterocycles. The number of benzene rings is 3. The Morgan fingerprint density at radius 1 is 0.906 bits per heavy atom. The Kier molecular flexibility index (Phi) is 5.75. The van der Waals surface area contributed by atoms with Crippen LogP contribution >= 0.6 is 0 Å². The van der Waals surface area contributed by atoms with Gasteiger partial charge in [0.2, 0.25) is 0 Å². The second kappa shape index (κ2) is 8.37. The fraction of sp³-hybridized carbons (Fsp3) is 0.375. The van der Waals surface area contributed by atoms with Gasteiger partial charge in [-0.05, 0) is 51.9 Å². The second-order valence-corrected chi connectivity index (χ2v) is 8.05. The number of aliphatic carboxylic acids is 1. The van der Waals surface area contributed by atoms with Crippen molar-refractivity contribution >= 4 is 27.5 Å². The lowest BCUT2D eigenvalue weighted by Crippen LogP contribution is -2.49. The van der Waals surface area contributed by atoms with Crippen LogP contribution in [0, 0.1) is 5.21 Å². The maximum Gasteiger partial charge on any atom is 0.362 e. The molecule has 0 spiro atoms. The summed E-state index contributed by atoms with van der Waals surface area (Å²) in [6.45, 7) is 0.322. The van der Waals surface area contributed by atoms with Crippen LogP contribution in [0.1, 0.15) is 18.4 Å². The van der Waals surface area contributed by atoms with E-state index in [1.807, 2.05) is 30.3 Å². The lowest BCUT2D eigenvalue weighted by Gasteiger charge is -2.42. The number of ether oxygens (including phenoxy) is 4. The van der Waals surface area contributed by atoms with Crippen molar-refractivity contribution in [3.63, 3.8) is 0 Å². The van der Waals surface area contributed by atoms with Crippen LogP contribution in [-0.2, 0) is 11.3 Å². The van der Waals surface area contributed by atoms with Crippen LogP contribution in [0.5, 0.6) is 23.0 Å². The number of carboxylic acids is 1. The van der Waals surface area contributed by atoms with Crippen LogP contribution in [0.3, 0.4) is 0 Å². The Hall–Kier alpha value is -3.23. The molecule has 8 nitrogen and oxygen atoms in total. The summed E-state index contributed by atoms with van der Waals surface area (Å²) in [5.41, 5.74) is 0.754. The van der Waals surface area contributed by atoms with E-state index in [0.29, 0.717) is 35.8 Å². The van der Waals surface area contributed by atoms with E-state index in [1.54, 1.807) is 28.4 Å². The van der Waals surface area contributed by atoms with E-state index in [2.05, 4.69) is 0 Å². The number of hydrogen-bond acceptors (Lipinski definition) is 6. The first kappa shape index (κ1) is 22.0. The molecule has 0 aliphatic carbocycles. The SMILES string of the molecule is COc1cc2cc(C[N+]3([O-])CCCC3C(=O)O)c3cc(OC)c(OC)cc3c2cc1OC. The van der Waals surface area contributed by atoms with E-state index in [1.165, 1.54) is 0 Å². The van der Waals surface area contributed by atoms with Crippen LogP contribution in [0.4, 0.5) is 0 Å². The standard InChI is InChI=1S/C24H27NO7/c1-29-20-9-14-8-15(13-25(28)7-5-6-19(25)24(26)27)17-11-22(31-3)23(32-4)12-18(17)16(14)10-21(20)30-2/h8-12,19H,5-7,13H2,1-4H3,(H,26,27). The van der Waals surface area contributed by atoms with Gasteiger partial charge in [0.1, 0.15) is 6.54 Å². The molecule has 1 N–H and O–H groups in total. The predicted octanol–water partition coefficient (Wildman–Crippen LogP) is 4.09. The average molecular weight is 441 g/mol. The fourth-order valence-electron chi connectivity index (χ4n) is 4.76. The van der Waals surface area contributed by atoms with E-state index in [4.69, 9.17) is 18.9 Å². The highest BCUT2D eigenvalue weighted by Gasteiger charge is 2.40. The topological polar surface area (TPSA) is 97.3 Å². The Morgan fingerprint density at radius 3 is 2.00 bits per heavy atom. The van der Waals surface area contributed by atoms with E-state index >= 15 is 0 Å². The molecule has 32 heavy (non-hydrogen) atoms. The first-order valence-corrected chi connectivity index (χ1v) is 10.4. The van der Waals surface area contributed by atoms with Crippen LogP contribution in [0.15, 0.2) is 30.3 Å². The number of hydroxylamine groups is 3. The number of fused-ring (bicyclic) bond motifs is 3. The molecule has 170 valence electrons. The molecule has 3 aromatic carbocycles. The number of hydrogen-bond donors (Lipinski definition) is 1. The summed E-state index contributed by atoms with van der Waals surface area (Å²) in [7, 11) is 6.27. The van der Waals surface area contributed by atoms with Gasteiger partial charge in [-0.3, -0.25) is 0 Å². The number of carboxylic acid groups (broad SMARTS) is 1. The average Bonchev–Trinajstić information content (AvgIpc) is 3.18. The zero-order chi connectivity index (χ0) is 23.0. The van der Waals surface area contributed by atoms with Gasteiger partial charge in [0.15, 0.2) is 29.0 Å². The van der Waals surface area contributed by atoms with Gasteiger partial charge < -0.3 is 33.9 Å². The zero-order valence-electron chi connectivity index (χ0n) is 18.6. The van der Waals surface area contributed by atoms with Gasteiger partial charge in [-0.1, -0.05) is 0 Å². The number of carbonyl (C=O) groups is 1. The normalized spacial score (nSPS) is 20.5. The maximum atomic E-state index is 13.6. The van der Waals surface area contributed by atoms with Crippen molar-refractivity contribution in [3.8, 4) is 23.0 Å². The molecule has 1 saturated heterocycles. The molecule has 8 heteroatoms. The Bertz CT molecular complexity index is 1190. The van der Waals surface area contributed by atoms with Gasteiger partial charge in [0, 0.05) is 18.4 Å². The van der Waals surface area contributed by atoms with Crippen molar-refractivity contribution < 1.29 is 33.5 Å². The Morgan fingerprint density at radius 2 is 1.44 bits per heavy atom. The largest absolute Gasteiger partial charge is 0.632 e. The lowest BCUT2D eigenvalue weighted by molar-refractivity contribution is -0.897. The Labute approximate surface area is 186 Å². The van der Waals surface area contributed by atoms with Crippen molar-refractivity contribution in [3.05, 3.63) is 41.1 Å². The quantitative estimate of drug-likeness (QED) is 0.335. The zero-order valence-corrected chi connectivity index (χ0v) is 18.6. The minimum absolute atomic E-state index is 0.0488. The van der Waals surface area contributed by atoms with Gasteiger partial charge in [-0.2, -0.15) is 0 Å². The van der Waals surface area contributed by atoms with E-state index in [9.17, 15) is 15.1 Å². The van der Waals surface area contributed by atoms with Crippen LogP contribution in [0.2, 0.25) is 0 Å². The fourth-order valence-corrected chi connectivity index (χ4v) is 4.76. The summed E-state index contributed by atoms with van der Waals surface area (Å²) in [5, 5.41) is 26.6. The third-order valence-electron chi connectivity index (χ3n) is 6.35. The molecule has 2 unspecified atom stereocenters. The minimum Gasteiger partial charge on any atom is -0.632 e. The molecule has 1 fully saturated rings. The van der Waals surface area contributed by atoms with E-state index in [0.717, 1.165) is 27.1 Å². The van der Waals surface area contributed by atoms with Crippen molar-refractivity contribution in [2.45, 2.75) is 25.4 Å². The molecule has 0 radical (unpaired) electrons. The molecule has 0 bridgehead atoms. The summed E-state index contributed by atoms with van der Waals surface area (Å²) < 4.78 is 21.2. The summed E-state index contributed by atoms with van der Waals surface area (Å²) in [6, 6.07) is 8.44. The number of quaternary nitrogens is 1. The summed E-state index contributed by atoms with van der Waals surface area (Å²) in [5.74, 6) is 1.20. The first-order chi connectivity index (χ1) is 15.3. The molecule has 3 aromatic rings. The highest BCUT2D eigenvalue weighted by molar-refractivity contribution is 6.11. The van der Waals surface area contributed by atoms with Gasteiger partial charge in [-0.25, -0.2) is 4.79 Å². The molecule has 0 amide bonds. The van der Waals surface area contributed by atoms with Crippen molar-refractivity contribution in [2.24, 2.45) is 0 Å². The highest BCUT2D eigenvalue weighted by atomic mass is 16.6. The molecule has 0 aromatic heterocycles. The minimum atomic E-state index is -1.05. The van der Waals surface area contributed by atoms with E-state index in [-0.39, 0.29) is 13.1 Å². The number of rotatable bonds is 7. The molecular formula is C24H27NO7. The summed E-state index contributed by atoms with van der Waals surface area (Å²) in [6.07, 6.45) is 0.973. The molecular weight excluding hydrogens is 414 g/mol. The molecule has 4 rings (SSSR count). The second-order valence-electron chi connectivity index (χ2n) is 8.05. The van der Waals surface area contributed by atoms with Crippen molar-refractivity contribution in [1.29, 1.82) is 0 Å². The molecule has 1 aliphatic heterocycles. The predicted molar refractivity (Wildman–Crippen MR) is 121 cm³/mol. The number of methoxy groups -OCH3 is 4. The van der Waals surface area contributed by atoms with Crippen LogP contribution < -0.4 is 18.9 Å². The van der Waals surface area contributed by atoms with Crippen molar-refractivity contribution in [1.82, 2.24) is 0 Å². The van der Waals surface area contributed by atoms with Gasteiger partial charge in [-0.15, -0.1) is 0 Å². The number of nitrogens with zero attached hydrogens (tertiary/aromatic N) is 1. The monoisotopic (exact) mass is 441 g/mol. The van der Waals surface area contributed by atoms with Crippen molar-refractivity contribution in [2.75, 3.05) is 35.0 Å². The van der Waals surface area contributed by atoms with Crippen LogP contribution in [-0.4, -0.2) is 56.7 Å². The van der Waals surface area contributed by atoms with Gasteiger partial charge in [0.05, 0.1) is 35.0 Å². The summed E-state index contributed by atoms with van der Waals surface area (Å²) >= 11 is 0. The van der Waals surface area contributed by atoms with Crippen LogP contribution in [0.25, 0.3) is 21.5 Å². The molecule has 2 atom stereocenters. The van der Waals surface area contributed by atoms with E-state index < -0.39 is 16.7 Å². The Balaban J connectivity index is 2.01. The first-order valence-electron chi connectivity index (χ1n) is 10.4. The van der Waals surface area contributed by atoms with Gasteiger partial charge in [0.25, 0.3) is 0 Å². The third-order valence-corrected chi connectivity index (χ3v) is 6.35. The smallest absolute Gasteiger partial charge is 0.362 e. The molecule has 0 saturated carbocycles. The lowest BCUT2D eigenvalue weighted by atomic mass is 9.95. The van der Waals surface area contributed by atoms with Gasteiger partial charge >= 0.3 is 5.97 Å². The summed E-state index contributed by atoms with van der Waals surface area (Å²) in [4.78, 5) is 11.7. The maximum absolute atomic E-state index is 13.6. The highest BCUT2D eigenvalue weighted by Crippen LogP contribution is 2.42. The molecule has 1 aliphatic rings. The third kappa shape index (κ3) is 3.55. The number of likely N-dealkylation sites (tertiary alicyclic amines) is 1.